The highest BCUT2D eigenvalue weighted by Crippen LogP contribution is 2.35. The standard InChI is InChI=1S/C13H14S.C11H17NO.C2H4.C2H2/c1-11-7-9-13(10-8-11)14-12-5-3-2-4-6-12;1-4-7-12-8-5-11(3,6-9-12)10(2)13;2*1-2/h3,5-10H,2,4H2,1H3;1,13H,2,5-9H2,3H3;1-2H2;1-2H. The van der Waals surface area contributed by atoms with Crippen molar-refractivity contribution in [3.05, 3.63) is 78.5 Å². The minimum absolute atomic E-state index is 0.0922. The van der Waals surface area contributed by atoms with Crippen LogP contribution in [0.3, 0.4) is 0 Å². The van der Waals surface area contributed by atoms with Gasteiger partial charge in [-0.3, -0.25) is 4.90 Å². The third-order valence-corrected chi connectivity index (χ3v) is 6.24. The molecule has 0 unspecified atom stereocenters. The van der Waals surface area contributed by atoms with Gasteiger partial charge in [0.15, 0.2) is 0 Å². The van der Waals surface area contributed by atoms with Crippen molar-refractivity contribution in [3.8, 4) is 25.2 Å². The molecule has 0 radical (unpaired) electrons. The maximum atomic E-state index is 9.40. The third-order valence-electron chi connectivity index (χ3n) is 5.19. The van der Waals surface area contributed by atoms with E-state index >= 15 is 0 Å². The summed E-state index contributed by atoms with van der Waals surface area (Å²) in [6, 6.07) is 8.69. The normalized spacial score (nSPS) is 16.4. The van der Waals surface area contributed by atoms with Crippen molar-refractivity contribution in [2.24, 2.45) is 5.41 Å². The molecule has 1 aliphatic heterocycles. The molecule has 0 amide bonds. The van der Waals surface area contributed by atoms with Crippen LogP contribution in [0.1, 0.15) is 38.2 Å². The van der Waals surface area contributed by atoms with Gasteiger partial charge in [-0.25, -0.2) is 0 Å². The molecule has 1 aliphatic carbocycles. The van der Waals surface area contributed by atoms with E-state index in [1.54, 1.807) is 0 Å². The summed E-state index contributed by atoms with van der Waals surface area (Å²) < 4.78 is 0. The Balaban J connectivity index is 0.000000502. The van der Waals surface area contributed by atoms with Crippen molar-refractivity contribution in [3.63, 3.8) is 0 Å². The van der Waals surface area contributed by atoms with Crippen molar-refractivity contribution in [2.45, 2.75) is 44.4 Å². The van der Waals surface area contributed by atoms with Gasteiger partial charge in [0, 0.05) is 28.3 Å². The summed E-state index contributed by atoms with van der Waals surface area (Å²) >= 11 is 1.85. The van der Waals surface area contributed by atoms with Crippen molar-refractivity contribution < 1.29 is 5.11 Å². The molecule has 1 N–H and O–H groups in total. The monoisotopic (exact) mass is 435 g/mol. The smallest absolute Gasteiger partial charge is 0.0910 e. The van der Waals surface area contributed by atoms with Gasteiger partial charge in [-0.15, -0.1) is 32.4 Å². The summed E-state index contributed by atoms with van der Waals surface area (Å²) in [6.07, 6.45) is 24.3. The van der Waals surface area contributed by atoms with Crippen molar-refractivity contribution in [1.29, 1.82) is 0 Å². The minimum Gasteiger partial charge on any atom is -0.512 e. The van der Waals surface area contributed by atoms with Crippen LogP contribution in [0.2, 0.25) is 0 Å². The van der Waals surface area contributed by atoms with Crippen LogP contribution < -0.4 is 0 Å². The number of likely N-dealkylation sites (tertiary alicyclic amines) is 1. The first kappa shape index (κ1) is 28.4. The number of piperidine rings is 1. The highest BCUT2D eigenvalue weighted by Gasteiger charge is 2.32. The zero-order chi connectivity index (χ0) is 23.7. The van der Waals surface area contributed by atoms with E-state index in [0.717, 1.165) is 25.9 Å². The lowest BCUT2D eigenvalue weighted by Gasteiger charge is -2.37. The van der Waals surface area contributed by atoms with Crippen LogP contribution in [0.25, 0.3) is 0 Å². The predicted octanol–water partition coefficient (Wildman–Crippen LogP) is 7.17. The molecule has 166 valence electrons. The number of aryl methyl sites for hydroxylation is 1. The Morgan fingerprint density at radius 1 is 1.16 bits per heavy atom. The maximum Gasteiger partial charge on any atom is 0.0910 e. The molecule has 1 saturated heterocycles. The first-order chi connectivity index (χ1) is 14.9. The average Bonchev–Trinajstić information content (AvgIpc) is 2.81. The Bertz CT molecular complexity index is 771. The molecule has 1 fully saturated rings. The second kappa shape index (κ2) is 16.1. The number of terminal acetylenes is 2. The van der Waals surface area contributed by atoms with E-state index in [-0.39, 0.29) is 5.41 Å². The third kappa shape index (κ3) is 10.8. The highest BCUT2D eigenvalue weighted by atomic mass is 32.2. The second-order valence-corrected chi connectivity index (χ2v) is 8.64. The van der Waals surface area contributed by atoms with E-state index in [2.05, 4.69) is 99.7 Å². The largest absolute Gasteiger partial charge is 0.512 e. The van der Waals surface area contributed by atoms with Gasteiger partial charge < -0.3 is 5.11 Å². The van der Waals surface area contributed by atoms with Crippen LogP contribution in [0.5, 0.6) is 0 Å². The Kier molecular flexibility index (Phi) is 14.8. The summed E-state index contributed by atoms with van der Waals surface area (Å²) in [4.78, 5) is 4.93. The van der Waals surface area contributed by atoms with Gasteiger partial charge in [0.2, 0.25) is 0 Å². The molecule has 0 bridgehead atoms. The van der Waals surface area contributed by atoms with E-state index in [4.69, 9.17) is 6.42 Å². The average molecular weight is 436 g/mol. The molecule has 0 saturated carbocycles. The van der Waals surface area contributed by atoms with Gasteiger partial charge in [-0.1, -0.05) is 67.1 Å². The van der Waals surface area contributed by atoms with E-state index in [1.807, 2.05) is 11.8 Å². The molecule has 0 atom stereocenters. The molecular weight excluding hydrogens is 398 g/mol. The van der Waals surface area contributed by atoms with Crippen LogP contribution in [0.4, 0.5) is 0 Å². The van der Waals surface area contributed by atoms with E-state index in [1.165, 1.54) is 28.2 Å². The van der Waals surface area contributed by atoms with E-state index in [0.29, 0.717) is 12.3 Å². The number of hydrogen-bond donors (Lipinski definition) is 1. The summed E-state index contributed by atoms with van der Waals surface area (Å²) in [5.74, 6) is 2.95. The molecular formula is C28H37NOS. The summed E-state index contributed by atoms with van der Waals surface area (Å²) in [5, 5.41) is 9.40. The fourth-order valence-electron chi connectivity index (χ4n) is 3.03. The molecule has 2 nitrogen and oxygen atoms in total. The number of thioether (sulfide) groups is 1. The summed E-state index contributed by atoms with van der Waals surface area (Å²) in [5.41, 5.74) is 1.23. The van der Waals surface area contributed by atoms with Crippen LogP contribution in [-0.2, 0) is 0 Å². The summed E-state index contributed by atoms with van der Waals surface area (Å²) in [6.45, 7) is 16.4. The van der Waals surface area contributed by atoms with Gasteiger partial charge in [-0.2, -0.15) is 0 Å². The van der Waals surface area contributed by atoms with Crippen LogP contribution in [0, 0.1) is 37.5 Å². The summed E-state index contributed by atoms with van der Waals surface area (Å²) in [7, 11) is 0. The fourth-order valence-corrected chi connectivity index (χ4v) is 3.94. The molecule has 3 rings (SSSR count). The van der Waals surface area contributed by atoms with E-state index in [9.17, 15) is 5.11 Å². The van der Waals surface area contributed by atoms with Gasteiger partial charge >= 0.3 is 0 Å². The van der Waals surface area contributed by atoms with Gasteiger partial charge in [0.05, 0.1) is 12.3 Å². The second-order valence-electron chi connectivity index (χ2n) is 7.49. The molecule has 0 spiro atoms. The quantitative estimate of drug-likeness (QED) is 0.308. The first-order valence-electron chi connectivity index (χ1n) is 10.4. The highest BCUT2D eigenvalue weighted by molar-refractivity contribution is 8.03. The predicted molar refractivity (Wildman–Crippen MR) is 139 cm³/mol. The number of hydrogen-bond acceptors (Lipinski definition) is 3. The first-order valence-corrected chi connectivity index (χ1v) is 11.2. The van der Waals surface area contributed by atoms with Crippen molar-refractivity contribution in [2.75, 3.05) is 19.6 Å². The zero-order valence-corrected chi connectivity index (χ0v) is 20.0. The number of allylic oxidation sites excluding steroid dienone is 4. The molecule has 1 aromatic carbocycles. The van der Waals surface area contributed by atoms with Gasteiger partial charge in [0.25, 0.3) is 0 Å². The Labute approximate surface area is 194 Å². The molecule has 31 heavy (non-hydrogen) atoms. The molecule has 1 heterocycles. The molecule has 3 heteroatoms. The Morgan fingerprint density at radius 3 is 2.19 bits per heavy atom. The minimum atomic E-state index is -0.0922. The maximum absolute atomic E-state index is 9.40. The molecule has 0 aromatic heterocycles. The van der Waals surface area contributed by atoms with Crippen LogP contribution in [-0.4, -0.2) is 29.6 Å². The van der Waals surface area contributed by atoms with Crippen LogP contribution >= 0.6 is 11.8 Å². The lowest BCUT2D eigenvalue weighted by molar-refractivity contribution is 0.117. The Morgan fingerprint density at radius 2 is 1.74 bits per heavy atom. The Hall–Kier alpha value is -2.59. The number of aliphatic hydroxyl groups excluding tert-OH is 1. The SMILES string of the molecule is C#C.C#CCN1CCC(C)(C(=C)O)CC1.C=C.Cc1ccc(SC2=CCCC=C2)cc1. The van der Waals surface area contributed by atoms with Crippen molar-refractivity contribution in [1.82, 2.24) is 4.90 Å². The number of rotatable bonds is 4. The zero-order valence-electron chi connectivity index (χ0n) is 19.1. The lowest BCUT2D eigenvalue weighted by Crippen LogP contribution is -2.39. The topological polar surface area (TPSA) is 23.5 Å². The number of benzene rings is 1. The molecule has 2 aliphatic rings. The number of nitrogens with zero attached hydrogens (tertiary/aromatic N) is 1. The van der Waals surface area contributed by atoms with Crippen molar-refractivity contribution >= 4 is 11.8 Å². The van der Waals surface area contributed by atoms with Gasteiger partial charge in [-0.05, 0) is 44.7 Å². The van der Waals surface area contributed by atoms with Gasteiger partial charge in [0.1, 0.15) is 0 Å². The number of aliphatic hydroxyl groups is 1. The fraction of sp³-hybridized carbons (Fsp3) is 0.357. The lowest BCUT2D eigenvalue weighted by atomic mass is 9.79. The van der Waals surface area contributed by atoms with E-state index < -0.39 is 0 Å². The molecule has 1 aromatic rings. The van der Waals surface area contributed by atoms with Crippen LogP contribution in [0.15, 0.2) is 77.8 Å².